The van der Waals surface area contributed by atoms with Gasteiger partial charge in [0.05, 0.1) is 16.8 Å². The Morgan fingerprint density at radius 1 is 0.923 bits per heavy atom. The third kappa shape index (κ3) is 7.44. The minimum Gasteiger partial charge on any atom is -0.478 e. The maximum Gasteiger partial charge on any atom is 0.490 e. The summed E-state index contributed by atoms with van der Waals surface area (Å²) < 4.78 is 45.6. The number of benzene rings is 3. The second kappa shape index (κ2) is 12.2. The molecule has 0 fully saturated rings. The lowest BCUT2D eigenvalue weighted by Crippen LogP contribution is -2.30. The fourth-order valence-corrected chi connectivity index (χ4v) is 3.97. The van der Waals surface area contributed by atoms with E-state index in [9.17, 15) is 32.3 Å². The van der Waals surface area contributed by atoms with Crippen LogP contribution in [0, 0.1) is 12.7 Å². The largest absolute Gasteiger partial charge is 0.490 e. The lowest BCUT2D eigenvalue weighted by atomic mass is 9.95. The molecule has 0 radical (unpaired) electrons. The third-order valence-corrected chi connectivity index (χ3v) is 5.89. The van der Waals surface area contributed by atoms with Crippen molar-refractivity contribution in [1.29, 1.82) is 0 Å². The maximum absolute atomic E-state index is 13.9. The number of nitrogens with one attached hydrogen (secondary N) is 1. The van der Waals surface area contributed by atoms with Crippen molar-refractivity contribution >= 4 is 34.8 Å². The van der Waals surface area contributed by atoms with E-state index in [0.717, 1.165) is 6.42 Å². The summed E-state index contributed by atoms with van der Waals surface area (Å²) in [6.45, 7) is 3.35. The lowest BCUT2D eigenvalue weighted by Gasteiger charge is -2.30. The molecule has 1 aliphatic heterocycles. The number of carboxylic acid groups (broad SMARTS) is 2. The van der Waals surface area contributed by atoms with E-state index in [0.29, 0.717) is 24.5 Å². The molecule has 204 valence electrons. The highest BCUT2D eigenvalue weighted by atomic mass is 19.4. The zero-order valence-electron chi connectivity index (χ0n) is 20.6. The van der Waals surface area contributed by atoms with Crippen LogP contribution in [0.3, 0.4) is 0 Å². The van der Waals surface area contributed by atoms with Crippen LogP contribution in [0.4, 0.5) is 28.9 Å². The van der Waals surface area contributed by atoms with E-state index in [1.807, 2.05) is 17.0 Å². The van der Waals surface area contributed by atoms with Crippen molar-refractivity contribution in [1.82, 2.24) is 0 Å². The fourth-order valence-electron chi connectivity index (χ4n) is 3.97. The first kappa shape index (κ1) is 28.9. The number of aromatic carboxylic acids is 1. The second-order valence-corrected chi connectivity index (χ2v) is 8.51. The molecule has 1 heterocycles. The van der Waals surface area contributed by atoms with Crippen LogP contribution in [0.15, 0.2) is 72.8 Å². The predicted octanol–water partition coefficient (Wildman–Crippen LogP) is 6.01. The third-order valence-electron chi connectivity index (χ3n) is 5.89. The number of carboxylic acids is 2. The topological polar surface area (TPSA) is 107 Å². The van der Waals surface area contributed by atoms with Crippen LogP contribution in [0.1, 0.15) is 38.3 Å². The molecule has 3 aromatic rings. The Labute approximate surface area is 221 Å². The molecule has 11 heteroatoms. The molecule has 0 atom stereocenters. The number of carbonyl (C=O) groups excluding carboxylic acids is 1. The molecule has 3 aromatic carbocycles. The van der Waals surface area contributed by atoms with Crippen molar-refractivity contribution in [3.63, 3.8) is 0 Å². The van der Waals surface area contributed by atoms with Crippen LogP contribution >= 0.6 is 0 Å². The Kier molecular flexibility index (Phi) is 9.08. The quantitative estimate of drug-likeness (QED) is 0.340. The monoisotopic (exact) mass is 544 g/mol. The van der Waals surface area contributed by atoms with Crippen LogP contribution in [0.25, 0.3) is 5.57 Å². The number of aryl methyl sites for hydroxylation is 1. The van der Waals surface area contributed by atoms with Crippen molar-refractivity contribution in [2.75, 3.05) is 23.3 Å². The summed E-state index contributed by atoms with van der Waals surface area (Å²) in [5, 5.41) is 19.5. The van der Waals surface area contributed by atoms with Gasteiger partial charge in [0, 0.05) is 18.8 Å². The van der Waals surface area contributed by atoms with Crippen LogP contribution in [0.5, 0.6) is 0 Å². The average molecular weight is 545 g/mol. The molecule has 39 heavy (non-hydrogen) atoms. The van der Waals surface area contributed by atoms with Gasteiger partial charge >= 0.3 is 18.1 Å². The number of nitrogens with zero attached hydrogens (tertiary/aromatic N) is 1. The molecule has 0 bridgehead atoms. The second-order valence-electron chi connectivity index (χ2n) is 8.51. The standard InChI is InChI=1S/C26H23FN2O3.C2HF3O2/c1-17-6-2-3-7-20(17)18-12-14-29(15-13-18)24-11-10-19(16-22(24)26(31)32)28-25(30)21-8-4-5-9-23(21)27;3-2(4,5)1(6)7/h2-12,16H,13-15H2,1H3,(H,28,30)(H,31,32);(H,6,7). The highest BCUT2D eigenvalue weighted by molar-refractivity contribution is 6.05. The highest BCUT2D eigenvalue weighted by Crippen LogP contribution is 2.31. The van der Waals surface area contributed by atoms with Gasteiger partial charge in [-0.05, 0) is 60.4 Å². The molecule has 4 rings (SSSR count). The molecule has 0 aliphatic carbocycles. The molecule has 0 aromatic heterocycles. The van der Waals surface area contributed by atoms with Gasteiger partial charge in [-0.2, -0.15) is 13.2 Å². The zero-order chi connectivity index (χ0) is 28.7. The normalized spacial score (nSPS) is 13.1. The minimum atomic E-state index is -5.08. The summed E-state index contributed by atoms with van der Waals surface area (Å²) in [6, 6.07) is 18.6. The van der Waals surface area contributed by atoms with Crippen LogP contribution < -0.4 is 10.2 Å². The molecule has 0 spiro atoms. The van der Waals surface area contributed by atoms with Gasteiger partial charge in [-0.25, -0.2) is 14.0 Å². The van der Waals surface area contributed by atoms with Crippen molar-refractivity contribution in [2.24, 2.45) is 0 Å². The lowest BCUT2D eigenvalue weighted by molar-refractivity contribution is -0.192. The van der Waals surface area contributed by atoms with Crippen molar-refractivity contribution in [3.05, 3.63) is 101 Å². The Morgan fingerprint density at radius 2 is 1.56 bits per heavy atom. The Bertz CT molecular complexity index is 1420. The Balaban J connectivity index is 0.000000532. The van der Waals surface area contributed by atoms with Gasteiger partial charge in [0.1, 0.15) is 5.82 Å². The molecule has 7 nitrogen and oxygen atoms in total. The number of hydrogen-bond donors (Lipinski definition) is 3. The van der Waals surface area contributed by atoms with Gasteiger partial charge in [-0.1, -0.05) is 42.5 Å². The maximum atomic E-state index is 13.9. The van der Waals surface area contributed by atoms with E-state index < -0.39 is 29.8 Å². The van der Waals surface area contributed by atoms with Gasteiger partial charge in [0.15, 0.2) is 0 Å². The number of rotatable bonds is 5. The van der Waals surface area contributed by atoms with Gasteiger partial charge in [0.2, 0.25) is 0 Å². The van der Waals surface area contributed by atoms with Gasteiger partial charge < -0.3 is 20.4 Å². The summed E-state index contributed by atoms with van der Waals surface area (Å²) in [5.41, 5.74) is 4.56. The Hall–Kier alpha value is -4.67. The van der Waals surface area contributed by atoms with Gasteiger partial charge in [-0.15, -0.1) is 0 Å². The molecule has 0 unspecified atom stereocenters. The van der Waals surface area contributed by atoms with E-state index in [-0.39, 0.29) is 11.1 Å². The highest BCUT2D eigenvalue weighted by Gasteiger charge is 2.38. The molecule has 0 saturated carbocycles. The summed E-state index contributed by atoms with van der Waals surface area (Å²) >= 11 is 0. The van der Waals surface area contributed by atoms with Crippen molar-refractivity contribution < 1.29 is 42.2 Å². The summed E-state index contributed by atoms with van der Waals surface area (Å²) in [5.74, 6) is -5.11. The van der Waals surface area contributed by atoms with E-state index in [2.05, 4.69) is 30.4 Å². The number of carbonyl (C=O) groups is 3. The molecular formula is C28H24F4N2O5. The smallest absolute Gasteiger partial charge is 0.478 e. The van der Waals surface area contributed by atoms with Gasteiger partial charge in [0.25, 0.3) is 5.91 Å². The number of alkyl halides is 3. The van der Waals surface area contributed by atoms with E-state index in [1.54, 1.807) is 18.2 Å². The van der Waals surface area contributed by atoms with Crippen molar-refractivity contribution in [3.8, 4) is 0 Å². The number of aliphatic carboxylic acids is 1. The van der Waals surface area contributed by atoms with E-state index >= 15 is 0 Å². The van der Waals surface area contributed by atoms with E-state index in [4.69, 9.17) is 9.90 Å². The van der Waals surface area contributed by atoms with E-state index in [1.165, 1.54) is 41.0 Å². The fraction of sp³-hybridized carbons (Fsp3) is 0.179. The predicted molar refractivity (Wildman–Crippen MR) is 137 cm³/mol. The number of amides is 1. The number of hydrogen-bond acceptors (Lipinski definition) is 4. The Morgan fingerprint density at radius 3 is 2.13 bits per heavy atom. The summed E-state index contributed by atoms with van der Waals surface area (Å²) in [7, 11) is 0. The molecule has 0 saturated heterocycles. The van der Waals surface area contributed by atoms with Crippen LogP contribution in [-0.2, 0) is 4.79 Å². The molecule has 3 N–H and O–H groups in total. The molecular weight excluding hydrogens is 520 g/mol. The first-order chi connectivity index (χ1) is 18.4. The molecule has 1 amide bonds. The zero-order valence-corrected chi connectivity index (χ0v) is 20.6. The van der Waals surface area contributed by atoms with Crippen LogP contribution in [0.2, 0.25) is 0 Å². The molecule has 1 aliphatic rings. The van der Waals surface area contributed by atoms with Gasteiger partial charge in [-0.3, -0.25) is 4.79 Å². The average Bonchev–Trinajstić information content (AvgIpc) is 2.89. The summed E-state index contributed by atoms with van der Waals surface area (Å²) in [6.07, 6.45) is -2.15. The van der Waals surface area contributed by atoms with Crippen molar-refractivity contribution in [2.45, 2.75) is 19.5 Å². The summed E-state index contributed by atoms with van der Waals surface area (Å²) in [4.78, 5) is 35.2. The van der Waals surface area contributed by atoms with Crippen LogP contribution in [-0.4, -0.2) is 47.3 Å². The SMILES string of the molecule is Cc1ccccc1C1=CCN(c2ccc(NC(=O)c3ccccc3F)cc2C(=O)O)CC1.O=C(O)C(F)(F)F. The first-order valence-electron chi connectivity index (χ1n) is 11.6. The first-order valence-corrected chi connectivity index (χ1v) is 11.6. The minimum absolute atomic E-state index is 0.0871. The number of anilines is 2. The number of halogens is 4.